The summed E-state index contributed by atoms with van der Waals surface area (Å²) in [5.74, 6) is 0.754. The van der Waals surface area contributed by atoms with Gasteiger partial charge in [-0.1, -0.05) is 18.2 Å². The Hall–Kier alpha value is -2.70. The number of nitrogens with one attached hydrogen (secondary N) is 1. The number of carbonyl (C=O) groups is 2. The van der Waals surface area contributed by atoms with E-state index in [2.05, 4.69) is 5.32 Å². The maximum atomic E-state index is 12.6. The molecule has 1 aromatic heterocycles. The molecule has 1 saturated heterocycles. The predicted octanol–water partition coefficient (Wildman–Crippen LogP) is 3.37. The van der Waals surface area contributed by atoms with E-state index < -0.39 is 0 Å². The third kappa shape index (κ3) is 3.76. The van der Waals surface area contributed by atoms with Crippen molar-refractivity contribution in [3.8, 4) is 0 Å². The van der Waals surface area contributed by atoms with Crippen molar-refractivity contribution in [1.82, 2.24) is 15.1 Å². The summed E-state index contributed by atoms with van der Waals surface area (Å²) in [5.41, 5.74) is 0.818. The Bertz CT molecular complexity index is 747. The molecule has 2 aromatic rings. The van der Waals surface area contributed by atoms with Crippen molar-refractivity contribution >= 4 is 23.1 Å². The minimum absolute atomic E-state index is 0.0497. The lowest BCUT2D eigenvalue weighted by molar-refractivity contribution is 0.109. The third-order valence-electron chi connectivity index (χ3n) is 5.01. The van der Waals surface area contributed by atoms with Gasteiger partial charge in [0.1, 0.15) is 11.3 Å². The number of hydrogen-bond donors (Lipinski definition) is 1. The summed E-state index contributed by atoms with van der Waals surface area (Å²) in [4.78, 5) is 27.4. The van der Waals surface area contributed by atoms with Gasteiger partial charge in [-0.05, 0) is 31.9 Å². The molecule has 26 heavy (non-hydrogen) atoms. The summed E-state index contributed by atoms with van der Waals surface area (Å²) < 4.78 is 10.6. The van der Waals surface area contributed by atoms with Gasteiger partial charge in [-0.3, -0.25) is 0 Å². The number of piperidine rings is 1. The lowest BCUT2D eigenvalue weighted by Gasteiger charge is -2.33. The van der Waals surface area contributed by atoms with Crippen LogP contribution in [0.5, 0.6) is 0 Å². The molecular formula is C19H25N3O4. The maximum absolute atomic E-state index is 12.6. The van der Waals surface area contributed by atoms with Crippen LogP contribution in [0.25, 0.3) is 11.0 Å². The second-order valence-electron chi connectivity index (χ2n) is 6.65. The molecule has 0 aliphatic carbocycles. The van der Waals surface area contributed by atoms with Crippen molar-refractivity contribution in [3.63, 3.8) is 0 Å². The molecule has 1 N–H and O–H groups in total. The van der Waals surface area contributed by atoms with Crippen LogP contribution in [0.3, 0.4) is 0 Å². The summed E-state index contributed by atoms with van der Waals surface area (Å²) in [7, 11) is 3.14. The van der Waals surface area contributed by atoms with Gasteiger partial charge < -0.3 is 24.3 Å². The molecule has 0 saturated carbocycles. The fourth-order valence-corrected chi connectivity index (χ4v) is 3.19. The van der Waals surface area contributed by atoms with E-state index >= 15 is 0 Å². The maximum Gasteiger partial charge on any atom is 0.409 e. The van der Waals surface area contributed by atoms with Gasteiger partial charge in [-0.2, -0.15) is 0 Å². The van der Waals surface area contributed by atoms with E-state index in [0.717, 1.165) is 16.7 Å². The van der Waals surface area contributed by atoms with E-state index in [0.29, 0.717) is 25.9 Å². The number of rotatable bonds is 3. The fraction of sp³-hybridized carbons (Fsp3) is 0.474. The van der Waals surface area contributed by atoms with E-state index in [4.69, 9.17) is 9.15 Å². The highest BCUT2D eigenvalue weighted by Gasteiger charge is 2.27. The van der Waals surface area contributed by atoms with Crippen LogP contribution in [0, 0.1) is 0 Å². The number of amides is 3. The Kier molecular flexibility index (Phi) is 5.35. The number of para-hydroxylation sites is 1. The van der Waals surface area contributed by atoms with Gasteiger partial charge in [0.25, 0.3) is 0 Å². The largest absolute Gasteiger partial charge is 0.459 e. The van der Waals surface area contributed by atoms with Crippen LogP contribution in [-0.4, -0.2) is 55.2 Å². The minimum atomic E-state index is -0.314. The molecule has 1 fully saturated rings. The molecule has 7 heteroatoms. The highest BCUT2D eigenvalue weighted by molar-refractivity contribution is 5.78. The second kappa shape index (κ2) is 7.68. The monoisotopic (exact) mass is 359 g/mol. The van der Waals surface area contributed by atoms with E-state index in [1.54, 1.807) is 16.8 Å². The van der Waals surface area contributed by atoms with Gasteiger partial charge in [0.15, 0.2) is 0 Å². The Morgan fingerprint density at radius 1 is 1.31 bits per heavy atom. The quantitative estimate of drug-likeness (QED) is 0.912. The number of hydrogen-bond acceptors (Lipinski definition) is 4. The Labute approximate surface area is 152 Å². The highest BCUT2D eigenvalue weighted by atomic mass is 16.5. The first-order chi connectivity index (χ1) is 12.5. The lowest BCUT2D eigenvalue weighted by Crippen LogP contribution is -2.49. The summed E-state index contributed by atoms with van der Waals surface area (Å²) in [5, 5.41) is 4.07. The van der Waals surface area contributed by atoms with Gasteiger partial charge in [0, 0.05) is 31.6 Å². The first-order valence-electron chi connectivity index (χ1n) is 8.84. The molecule has 7 nitrogen and oxygen atoms in total. The van der Waals surface area contributed by atoms with Crippen LogP contribution in [-0.2, 0) is 4.74 Å². The number of ether oxygens (including phenoxy) is 1. The van der Waals surface area contributed by atoms with Crippen molar-refractivity contribution in [3.05, 3.63) is 36.1 Å². The molecule has 0 bridgehead atoms. The number of nitrogens with zero attached hydrogens (tertiary/aromatic N) is 2. The molecule has 140 valence electrons. The number of carbonyl (C=O) groups excluding carboxylic acids is 2. The van der Waals surface area contributed by atoms with Gasteiger partial charge in [-0.25, -0.2) is 9.59 Å². The molecule has 1 aromatic carbocycles. The Morgan fingerprint density at radius 3 is 2.65 bits per heavy atom. The molecule has 0 spiro atoms. The van der Waals surface area contributed by atoms with Gasteiger partial charge >= 0.3 is 12.1 Å². The number of fused-ring (bicyclic) bond motifs is 1. The zero-order valence-electron chi connectivity index (χ0n) is 15.4. The van der Waals surface area contributed by atoms with Crippen LogP contribution in [0.2, 0.25) is 0 Å². The van der Waals surface area contributed by atoms with Crippen molar-refractivity contribution < 1.29 is 18.7 Å². The van der Waals surface area contributed by atoms with Crippen LogP contribution >= 0.6 is 0 Å². The first-order valence-corrected chi connectivity index (χ1v) is 8.84. The number of methoxy groups -OCH3 is 1. The molecule has 2 heterocycles. The van der Waals surface area contributed by atoms with Gasteiger partial charge in [0.05, 0.1) is 13.2 Å². The molecule has 1 aliphatic rings. The average Bonchev–Trinajstić information content (AvgIpc) is 3.11. The second-order valence-corrected chi connectivity index (χ2v) is 6.65. The van der Waals surface area contributed by atoms with E-state index in [9.17, 15) is 9.59 Å². The Balaban J connectivity index is 1.56. The predicted molar refractivity (Wildman–Crippen MR) is 97.9 cm³/mol. The van der Waals surface area contributed by atoms with Crippen LogP contribution in [0.1, 0.15) is 31.6 Å². The Morgan fingerprint density at radius 2 is 2.00 bits per heavy atom. The van der Waals surface area contributed by atoms with Gasteiger partial charge in [-0.15, -0.1) is 0 Å². The summed E-state index contributed by atoms with van der Waals surface area (Å²) in [6, 6.07) is 9.49. The minimum Gasteiger partial charge on any atom is -0.459 e. The first kappa shape index (κ1) is 18.1. The standard InChI is InChI=1S/C19H25N3O4/c1-13(17-12-14-6-4-5-7-16(14)26-17)21(2)18(23)20-15-8-10-22(11-9-15)19(24)25-3/h4-7,12-13,15H,8-11H2,1-3H3,(H,20,23). The smallest absolute Gasteiger partial charge is 0.409 e. The topological polar surface area (TPSA) is 75.0 Å². The number of likely N-dealkylation sites (tertiary alicyclic amines) is 1. The van der Waals surface area contributed by atoms with Crippen LogP contribution in [0.15, 0.2) is 34.7 Å². The van der Waals surface area contributed by atoms with Crippen molar-refractivity contribution in [1.29, 1.82) is 0 Å². The molecule has 1 unspecified atom stereocenters. The summed E-state index contributed by atoms with van der Waals surface area (Å²) in [6.45, 7) is 3.11. The molecule has 1 aliphatic heterocycles. The van der Waals surface area contributed by atoms with Crippen molar-refractivity contribution in [2.24, 2.45) is 0 Å². The molecule has 3 rings (SSSR count). The lowest BCUT2D eigenvalue weighted by atomic mass is 10.1. The van der Waals surface area contributed by atoms with Gasteiger partial charge in [0.2, 0.25) is 0 Å². The molecule has 3 amide bonds. The van der Waals surface area contributed by atoms with Crippen LogP contribution < -0.4 is 5.32 Å². The van der Waals surface area contributed by atoms with E-state index in [-0.39, 0.29) is 24.2 Å². The zero-order valence-corrected chi connectivity index (χ0v) is 15.4. The van der Waals surface area contributed by atoms with E-state index in [1.165, 1.54) is 7.11 Å². The fourth-order valence-electron chi connectivity index (χ4n) is 3.19. The average molecular weight is 359 g/mol. The summed E-state index contributed by atoms with van der Waals surface area (Å²) in [6.07, 6.45) is 1.12. The van der Waals surface area contributed by atoms with Crippen molar-refractivity contribution in [2.75, 3.05) is 27.2 Å². The normalized spacial score (nSPS) is 16.3. The molecular weight excluding hydrogens is 334 g/mol. The molecule has 0 radical (unpaired) electrons. The summed E-state index contributed by atoms with van der Waals surface area (Å²) >= 11 is 0. The van der Waals surface area contributed by atoms with E-state index in [1.807, 2.05) is 37.3 Å². The van der Waals surface area contributed by atoms with Crippen LogP contribution in [0.4, 0.5) is 9.59 Å². The number of furan rings is 1. The third-order valence-corrected chi connectivity index (χ3v) is 5.01. The SMILES string of the molecule is COC(=O)N1CCC(NC(=O)N(C)C(C)c2cc3ccccc3o2)CC1. The highest BCUT2D eigenvalue weighted by Crippen LogP contribution is 2.26. The zero-order chi connectivity index (χ0) is 18.7. The van der Waals surface area contributed by atoms with Crippen molar-refractivity contribution in [2.45, 2.75) is 31.8 Å². The number of urea groups is 1. The number of benzene rings is 1. The molecule has 1 atom stereocenters.